The molecule has 0 radical (unpaired) electrons. The van der Waals surface area contributed by atoms with Gasteiger partial charge in [-0.25, -0.2) is 9.97 Å². The van der Waals surface area contributed by atoms with E-state index in [2.05, 4.69) is 60.7 Å². The van der Waals surface area contributed by atoms with E-state index >= 15 is 0 Å². The van der Waals surface area contributed by atoms with Crippen molar-refractivity contribution in [1.29, 1.82) is 10.8 Å². The molecule has 2 aliphatic rings. The van der Waals surface area contributed by atoms with E-state index in [4.69, 9.17) is 51.2 Å². The summed E-state index contributed by atoms with van der Waals surface area (Å²) in [5.41, 5.74) is 27.6. The number of pyridine rings is 2. The number of fused-ring (bicyclic) bond motifs is 2. The van der Waals surface area contributed by atoms with E-state index in [1.54, 1.807) is 36.7 Å². The first-order valence-corrected chi connectivity index (χ1v) is 27.5. The average molecular weight is 1100 g/mol. The summed E-state index contributed by atoms with van der Waals surface area (Å²) in [7, 11) is 0. The molecule has 0 bridgehead atoms. The van der Waals surface area contributed by atoms with Crippen LogP contribution in [-0.2, 0) is 0 Å². The normalized spacial score (nSPS) is 12.5. The number of likely N-dealkylation sites (tertiary alicyclic amines) is 1. The van der Waals surface area contributed by atoms with Crippen LogP contribution in [0.25, 0.3) is 32.7 Å². The lowest BCUT2D eigenvalue weighted by Crippen LogP contribution is -2.30. The largest absolute Gasteiger partial charge is 0.507 e. The van der Waals surface area contributed by atoms with Crippen LogP contribution in [0.1, 0.15) is 88.6 Å². The van der Waals surface area contributed by atoms with E-state index in [-0.39, 0.29) is 11.6 Å². The highest BCUT2D eigenvalue weighted by atomic mass is 35.5. The third-order valence-electron chi connectivity index (χ3n) is 13.7. The first-order valence-electron chi connectivity index (χ1n) is 26.8. The third kappa shape index (κ3) is 15.5. The molecule has 0 atom stereocenters. The maximum Gasteiger partial charge on any atom is 0.139 e. The van der Waals surface area contributed by atoms with Crippen LogP contribution in [0.5, 0.6) is 5.75 Å². The lowest BCUT2D eigenvalue weighted by atomic mass is 10.0. The van der Waals surface area contributed by atoms with Gasteiger partial charge in [0, 0.05) is 84.1 Å². The molecule has 0 spiro atoms. The molecule has 10 N–H and O–H groups in total. The summed E-state index contributed by atoms with van der Waals surface area (Å²) in [4.78, 5) is 15.4. The van der Waals surface area contributed by atoms with Crippen LogP contribution >= 0.6 is 23.2 Å². The molecule has 9 aromatic rings. The summed E-state index contributed by atoms with van der Waals surface area (Å²) in [5.74, 6) is 20.6. The highest BCUT2D eigenvalue weighted by Crippen LogP contribution is 2.28. The summed E-state index contributed by atoms with van der Waals surface area (Å²) < 4.78 is 0. The molecule has 0 aliphatic carbocycles. The van der Waals surface area contributed by atoms with Gasteiger partial charge in [0.2, 0.25) is 0 Å². The van der Waals surface area contributed by atoms with Crippen LogP contribution in [0.3, 0.4) is 0 Å². The van der Waals surface area contributed by atoms with Gasteiger partial charge in [-0.3, -0.25) is 10.4 Å². The number of unbranched alkanes of at least 4 members (excludes halogenated alkanes) is 1. The van der Waals surface area contributed by atoms with Gasteiger partial charge in [0.05, 0.1) is 23.2 Å². The Morgan fingerprint density at radius 2 is 1.12 bits per heavy atom. The molecular weight excluding hydrogens is 1040 g/mol. The van der Waals surface area contributed by atoms with Crippen molar-refractivity contribution < 1.29 is 5.11 Å². The van der Waals surface area contributed by atoms with Gasteiger partial charge in [-0.1, -0.05) is 150 Å². The van der Waals surface area contributed by atoms with Crippen molar-refractivity contribution in [3.63, 3.8) is 0 Å². The van der Waals surface area contributed by atoms with Crippen molar-refractivity contribution in [3.8, 4) is 52.4 Å². The smallest absolute Gasteiger partial charge is 0.139 e. The van der Waals surface area contributed by atoms with Crippen molar-refractivity contribution >= 4 is 73.8 Å². The summed E-state index contributed by atoms with van der Waals surface area (Å²) in [6, 6.07) is 49.7. The highest BCUT2D eigenvalue weighted by molar-refractivity contribution is 6.31. The first-order chi connectivity index (χ1) is 39.4. The molecule has 1 saturated heterocycles. The van der Waals surface area contributed by atoms with Crippen molar-refractivity contribution in [2.75, 3.05) is 44.2 Å². The minimum atomic E-state index is 0.0293. The van der Waals surface area contributed by atoms with Crippen LogP contribution in [0.2, 0.25) is 10.0 Å². The molecule has 1 fully saturated rings. The number of piperidine rings is 1. The number of aromatic nitrogens is 2. The average Bonchev–Trinajstić information content (AvgIpc) is 4.05. The standard InChI is InChI=1S/C27H29ClN4.C23H18N2O.C18H13ClN4/c28-23-13-12-22-19-31-27(30)24(25(22)18-23)14-9-20-7-10-21(11-8-20)26(29)6-2-5-17-32-15-3-1-4-16-32;26-22-13-12-20(18-4-2-1-3-5-18)16-21(22)11-8-17-6-9-19(10-7-17)23-24-14-15-25-23;19-14-7-6-13-10-23-18(22)15(16(13)9-14)8-3-11-1-4-12(5-2-11)17(20)21/h7-8,10-13,18-19,29H,1-6,15-17H2,(H2,30,31);1-7,9-10,12-13,16,26H,14-15H2,(H,24,25);1-2,4-7,9-10H,(H3,20,21)(H2,22,23). The lowest BCUT2D eigenvalue weighted by molar-refractivity contribution is 0.225. The van der Waals surface area contributed by atoms with Crippen molar-refractivity contribution in [2.24, 2.45) is 10.7 Å². The summed E-state index contributed by atoms with van der Waals surface area (Å²) in [5, 5.41) is 34.1. The van der Waals surface area contributed by atoms with Gasteiger partial charge < -0.3 is 37.9 Å². The second kappa shape index (κ2) is 27.5. The first kappa shape index (κ1) is 56.3. The summed E-state index contributed by atoms with van der Waals surface area (Å²) in [6.45, 7) is 5.38. The second-order valence-electron chi connectivity index (χ2n) is 19.5. The maximum absolute atomic E-state index is 10.1. The van der Waals surface area contributed by atoms with Crippen LogP contribution in [0, 0.1) is 46.3 Å². The number of benzene rings is 7. The molecule has 0 saturated carbocycles. The van der Waals surface area contributed by atoms with Crippen LogP contribution in [-0.4, -0.2) is 70.1 Å². The van der Waals surface area contributed by atoms with E-state index in [1.165, 1.54) is 38.9 Å². The Morgan fingerprint density at radius 3 is 1.68 bits per heavy atom. The molecule has 11 rings (SSSR count). The third-order valence-corrected chi connectivity index (χ3v) is 14.2. The molecule has 2 aliphatic heterocycles. The number of hydrogen-bond donors (Lipinski definition) is 7. The number of phenolic OH excluding ortho intramolecular Hbond substituents is 1. The second-order valence-corrected chi connectivity index (χ2v) is 20.4. The number of nitrogens with one attached hydrogen (secondary N) is 3. The van der Waals surface area contributed by atoms with E-state index in [9.17, 15) is 5.11 Å². The number of aliphatic imine (C=N–C) groups is 1. The highest BCUT2D eigenvalue weighted by Gasteiger charge is 2.12. The summed E-state index contributed by atoms with van der Waals surface area (Å²) >= 11 is 12.2. The molecule has 0 amide bonds. The number of aromatic hydroxyl groups is 1. The zero-order valence-corrected chi connectivity index (χ0v) is 46.2. The minimum absolute atomic E-state index is 0.0293. The SMILES string of the molecule is N=C(CCCCN1CCCCC1)c1ccc(C#Cc2c(N)ncc3ccc(Cl)cc23)cc1.N=C(N)c1ccc(C#Cc2c(N)ncc3ccc(Cl)cc23)cc1.Oc1ccc(-c2ccccc2)cc1C#Cc1ccc(C2=NCCN2)cc1. The fourth-order valence-electron chi connectivity index (χ4n) is 9.27. The van der Waals surface area contributed by atoms with Crippen molar-refractivity contribution in [2.45, 2.75) is 38.5 Å². The lowest BCUT2D eigenvalue weighted by Gasteiger charge is -2.26. The number of nitrogen functional groups attached to an aromatic ring is 3. The quantitative estimate of drug-likeness (QED) is 0.0320. The maximum atomic E-state index is 10.1. The number of rotatable bonds is 9. The van der Waals surface area contributed by atoms with Crippen LogP contribution < -0.4 is 22.5 Å². The molecule has 2 aromatic heterocycles. The van der Waals surface area contributed by atoms with Gasteiger partial charge >= 0.3 is 0 Å². The van der Waals surface area contributed by atoms with Gasteiger partial charge in [-0.15, -0.1) is 0 Å². The molecule has 4 heterocycles. The predicted octanol–water partition coefficient (Wildman–Crippen LogP) is 12.9. The number of nitrogens with two attached hydrogens (primary N) is 3. The Bertz CT molecular complexity index is 3940. The Kier molecular flexibility index (Phi) is 19.1. The molecule has 13 heteroatoms. The van der Waals surface area contributed by atoms with Gasteiger partial charge in [0.1, 0.15) is 29.1 Å². The van der Waals surface area contributed by atoms with E-state index in [1.807, 2.05) is 133 Å². The zero-order chi connectivity index (χ0) is 56.5. The minimum Gasteiger partial charge on any atom is -0.507 e. The number of anilines is 2. The Morgan fingerprint density at radius 1 is 0.580 bits per heavy atom. The van der Waals surface area contributed by atoms with Gasteiger partial charge in [0.15, 0.2) is 0 Å². The van der Waals surface area contributed by atoms with Crippen molar-refractivity contribution in [1.82, 2.24) is 20.2 Å². The Balaban J connectivity index is 0.000000149. The number of nitrogens with zero attached hydrogens (tertiary/aromatic N) is 4. The fourth-order valence-corrected chi connectivity index (χ4v) is 9.62. The van der Waals surface area contributed by atoms with E-state index in [0.29, 0.717) is 49.6 Å². The Hall–Kier alpha value is -9.41. The van der Waals surface area contributed by atoms with Gasteiger partial charge in [-0.2, -0.15) is 0 Å². The number of phenols is 1. The van der Waals surface area contributed by atoms with Crippen LogP contribution in [0.4, 0.5) is 11.6 Å². The fraction of sp³-hybridized carbons (Fsp3) is 0.162. The zero-order valence-electron chi connectivity index (χ0n) is 44.7. The number of hydrogen-bond acceptors (Lipinski definition) is 10. The molecule has 81 heavy (non-hydrogen) atoms. The number of halogens is 2. The van der Waals surface area contributed by atoms with Gasteiger partial charge in [-0.05, 0) is 141 Å². The molecule has 402 valence electrons. The topological polar surface area (TPSA) is 199 Å². The van der Waals surface area contributed by atoms with Crippen LogP contribution in [0.15, 0.2) is 175 Å². The van der Waals surface area contributed by atoms with E-state index < -0.39 is 0 Å². The number of amidine groups is 2. The molecular formula is C68H60Cl2N10O. The van der Waals surface area contributed by atoms with Crippen molar-refractivity contribution in [3.05, 3.63) is 230 Å². The molecule has 11 nitrogen and oxygen atoms in total. The Labute approximate surface area is 483 Å². The predicted molar refractivity (Wildman–Crippen MR) is 335 cm³/mol. The monoisotopic (exact) mass is 1100 g/mol. The molecule has 7 aromatic carbocycles. The van der Waals surface area contributed by atoms with Gasteiger partial charge in [0.25, 0.3) is 0 Å². The molecule has 0 unspecified atom stereocenters. The van der Waals surface area contributed by atoms with E-state index in [0.717, 1.165) is 98.7 Å². The summed E-state index contributed by atoms with van der Waals surface area (Å²) in [6.07, 6.45) is 10.5.